The fourth-order valence-corrected chi connectivity index (χ4v) is 3.73. The second kappa shape index (κ2) is 11.3. The average Bonchev–Trinajstić information content (AvgIpc) is 3.24. The van der Waals surface area contributed by atoms with Crippen LogP contribution in [-0.2, 0) is 20.8 Å². The van der Waals surface area contributed by atoms with E-state index in [-0.39, 0.29) is 12.3 Å². The molecule has 0 spiro atoms. The van der Waals surface area contributed by atoms with E-state index in [1.165, 1.54) is 12.0 Å². The van der Waals surface area contributed by atoms with Crippen molar-refractivity contribution in [2.75, 3.05) is 26.4 Å². The molecule has 1 aromatic heterocycles. The molecule has 1 saturated heterocycles. The Morgan fingerprint density at radius 3 is 2.87 bits per heavy atom. The topological polar surface area (TPSA) is 54.7 Å². The summed E-state index contributed by atoms with van der Waals surface area (Å²) in [4.78, 5) is 0. The molecular formula is C25H32N2O4. The van der Waals surface area contributed by atoms with Crippen LogP contribution >= 0.6 is 0 Å². The van der Waals surface area contributed by atoms with Gasteiger partial charge in [-0.2, -0.15) is 5.10 Å². The SMILES string of the molecule is C[C@@H](COCCCOc1ccc2c(cnn2C2CCCCO2)c1)OCc1ccccc1. The van der Waals surface area contributed by atoms with Crippen LogP contribution in [-0.4, -0.2) is 42.3 Å². The number of ether oxygens (including phenoxy) is 4. The zero-order valence-corrected chi connectivity index (χ0v) is 18.2. The maximum Gasteiger partial charge on any atom is 0.150 e. The van der Waals surface area contributed by atoms with Gasteiger partial charge in [-0.15, -0.1) is 0 Å². The summed E-state index contributed by atoms with van der Waals surface area (Å²) in [6, 6.07) is 16.3. The van der Waals surface area contributed by atoms with Gasteiger partial charge in [-0.05, 0) is 49.9 Å². The van der Waals surface area contributed by atoms with E-state index in [1.54, 1.807) is 0 Å². The molecule has 0 bridgehead atoms. The molecule has 1 aliphatic rings. The maximum atomic E-state index is 5.90. The summed E-state index contributed by atoms with van der Waals surface area (Å²) in [5.74, 6) is 0.858. The summed E-state index contributed by atoms with van der Waals surface area (Å²) in [5, 5.41) is 5.61. The monoisotopic (exact) mass is 424 g/mol. The third-order valence-corrected chi connectivity index (χ3v) is 5.43. The van der Waals surface area contributed by atoms with E-state index in [1.807, 2.05) is 48.1 Å². The summed E-state index contributed by atoms with van der Waals surface area (Å²) < 4.78 is 25.3. The lowest BCUT2D eigenvalue weighted by atomic mass is 10.2. The standard InChI is InChI=1S/C25H32N2O4/c1-20(31-19-21-8-3-2-4-9-21)18-28-13-7-15-29-23-11-12-24-22(16-23)17-26-27(24)25-10-5-6-14-30-25/h2-4,8-9,11-12,16-17,20,25H,5-7,10,13-15,18-19H2,1H3/t20-,25?/m0/s1. The predicted molar refractivity (Wildman–Crippen MR) is 120 cm³/mol. The smallest absolute Gasteiger partial charge is 0.150 e. The average molecular weight is 425 g/mol. The Hall–Kier alpha value is -2.41. The fraction of sp³-hybridized carbons (Fsp3) is 0.480. The summed E-state index contributed by atoms with van der Waals surface area (Å²) in [5.41, 5.74) is 2.27. The molecule has 1 aliphatic heterocycles. The summed E-state index contributed by atoms with van der Waals surface area (Å²) in [6.45, 7) is 5.31. The van der Waals surface area contributed by atoms with Gasteiger partial charge >= 0.3 is 0 Å². The second-order valence-electron chi connectivity index (χ2n) is 8.02. The lowest BCUT2D eigenvalue weighted by Crippen LogP contribution is -2.18. The number of aromatic nitrogens is 2. The van der Waals surface area contributed by atoms with Crippen LogP contribution in [0, 0.1) is 0 Å². The minimum Gasteiger partial charge on any atom is -0.493 e. The summed E-state index contributed by atoms with van der Waals surface area (Å²) in [6.07, 6.45) is 6.18. The van der Waals surface area contributed by atoms with Crippen molar-refractivity contribution in [1.82, 2.24) is 9.78 Å². The lowest BCUT2D eigenvalue weighted by molar-refractivity contribution is -0.0366. The normalized spacial score (nSPS) is 17.6. The molecule has 166 valence electrons. The number of fused-ring (bicyclic) bond motifs is 1. The van der Waals surface area contributed by atoms with E-state index in [0.717, 1.165) is 42.5 Å². The van der Waals surface area contributed by atoms with E-state index in [9.17, 15) is 0 Å². The molecule has 6 nitrogen and oxygen atoms in total. The van der Waals surface area contributed by atoms with E-state index >= 15 is 0 Å². The first kappa shape index (κ1) is 21.8. The number of hydrogen-bond donors (Lipinski definition) is 0. The van der Waals surface area contributed by atoms with Crippen molar-refractivity contribution in [3.8, 4) is 5.75 Å². The Balaban J connectivity index is 1.14. The quantitative estimate of drug-likeness (QED) is 0.400. The minimum atomic E-state index is 0.0502. The highest BCUT2D eigenvalue weighted by molar-refractivity contribution is 5.80. The number of nitrogens with zero attached hydrogens (tertiary/aromatic N) is 2. The molecule has 2 aromatic carbocycles. The molecule has 0 amide bonds. The number of hydrogen-bond acceptors (Lipinski definition) is 5. The zero-order valence-electron chi connectivity index (χ0n) is 18.2. The van der Waals surface area contributed by atoms with E-state index in [2.05, 4.69) is 23.3 Å². The molecule has 2 heterocycles. The molecule has 3 aromatic rings. The predicted octanol–water partition coefficient (Wildman–Crippen LogP) is 5.13. The first-order valence-corrected chi connectivity index (χ1v) is 11.2. The second-order valence-corrected chi connectivity index (χ2v) is 8.02. The molecule has 0 radical (unpaired) electrons. The zero-order chi connectivity index (χ0) is 21.3. The van der Waals surface area contributed by atoms with Crippen LogP contribution in [0.4, 0.5) is 0 Å². The highest BCUT2D eigenvalue weighted by Crippen LogP contribution is 2.28. The Morgan fingerprint density at radius 2 is 2.03 bits per heavy atom. The van der Waals surface area contributed by atoms with Gasteiger partial charge < -0.3 is 18.9 Å². The third-order valence-electron chi connectivity index (χ3n) is 5.43. The first-order valence-electron chi connectivity index (χ1n) is 11.2. The van der Waals surface area contributed by atoms with Crippen molar-refractivity contribution < 1.29 is 18.9 Å². The van der Waals surface area contributed by atoms with Gasteiger partial charge in [-0.1, -0.05) is 30.3 Å². The maximum absolute atomic E-state index is 5.90. The molecule has 6 heteroatoms. The summed E-state index contributed by atoms with van der Waals surface area (Å²) >= 11 is 0. The summed E-state index contributed by atoms with van der Waals surface area (Å²) in [7, 11) is 0. The van der Waals surface area contributed by atoms with Crippen molar-refractivity contribution in [1.29, 1.82) is 0 Å². The Labute approximate surface area is 184 Å². The van der Waals surface area contributed by atoms with Crippen molar-refractivity contribution in [3.05, 3.63) is 60.3 Å². The van der Waals surface area contributed by atoms with Crippen molar-refractivity contribution in [3.63, 3.8) is 0 Å². The van der Waals surface area contributed by atoms with E-state index in [0.29, 0.717) is 26.4 Å². The molecule has 0 N–H and O–H groups in total. The van der Waals surface area contributed by atoms with Crippen molar-refractivity contribution in [2.45, 2.75) is 51.5 Å². The molecule has 0 aliphatic carbocycles. The lowest BCUT2D eigenvalue weighted by Gasteiger charge is -2.23. The van der Waals surface area contributed by atoms with Crippen LogP contribution in [0.3, 0.4) is 0 Å². The van der Waals surface area contributed by atoms with Crippen LogP contribution in [0.1, 0.15) is 44.4 Å². The molecule has 1 fully saturated rings. The van der Waals surface area contributed by atoms with Gasteiger partial charge in [0.2, 0.25) is 0 Å². The van der Waals surface area contributed by atoms with Crippen LogP contribution in [0.5, 0.6) is 5.75 Å². The highest BCUT2D eigenvalue weighted by Gasteiger charge is 2.18. The molecule has 4 rings (SSSR count). The van der Waals surface area contributed by atoms with Gasteiger partial charge in [0.1, 0.15) is 5.75 Å². The van der Waals surface area contributed by atoms with Crippen LogP contribution in [0.2, 0.25) is 0 Å². The molecule has 2 atom stereocenters. The van der Waals surface area contributed by atoms with Gasteiger partial charge in [-0.3, -0.25) is 0 Å². The van der Waals surface area contributed by atoms with Crippen LogP contribution in [0.25, 0.3) is 10.9 Å². The largest absolute Gasteiger partial charge is 0.493 e. The third kappa shape index (κ3) is 6.29. The van der Waals surface area contributed by atoms with E-state index in [4.69, 9.17) is 18.9 Å². The number of benzene rings is 2. The Morgan fingerprint density at radius 1 is 1.13 bits per heavy atom. The highest BCUT2D eigenvalue weighted by atomic mass is 16.5. The van der Waals surface area contributed by atoms with Gasteiger partial charge in [0.15, 0.2) is 6.23 Å². The molecule has 1 unspecified atom stereocenters. The van der Waals surface area contributed by atoms with Gasteiger partial charge in [0.25, 0.3) is 0 Å². The minimum absolute atomic E-state index is 0.0502. The van der Waals surface area contributed by atoms with Crippen molar-refractivity contribution >= 4 is 10.9 Å². The van der Waals surface area contributed by atoms with Gasteiger partial charge in [-0.25, -0.2) is 4.68 Å². The Bertz CT molecular complexity index is 922. The molecular weight excluding hydrogens is 392 g/mol. The fourth-order valence-electron chi connectivity index (χ4n) is 3.73. The first-order chi connectivity index (χ1) is 15.3. The van der Waals surface area contributed by atoms with Crippen molar-refractivity contribution in [2.24, 2.45) is 0 Å². The molecule has 0 saturated carbocycles. The molecule has 31 heavy (non-hydrogen) atoms. The van der Waals surface area contributed by atoms with Gasteiger partial charge in [0.05, 0.1) is 37.6 Å². The van der Waals surface area contributed by atoms with E-state index < -0.39 is 0 Å². The Kier molecular flexibility index (Phi) is 7.93. The number of rotatable bonds is 11. The van der Waals surface area contributed by atoms with Crippen LogP contribution in [0.15, 0.2) is 54.7 Å². The van der Waals surface area contributed by atoms with Gasteiger partial charge in [0, 0.05) is 25.0 Å². The van der Waals surface area contributed by atoms with Crippen LogP contribution < -0.4 is 4.74 Å².